The third kappa shape index (κ3) is 3.81. The fourth-order valence-corrected chi connectivity index (χ4v) is 1.55. The molecule has 0 saturated carbocycles. The summed E-state index contributed by atoms with van der Waals surface area (Å²) in [5.41, 5.74) is 0.331. The van der Waals surface area contributed by atoms with Gasteiger partial charge in [-0.3, -0.25) is 4.79 Å². The van der Waals surface area contributed by atoms with Gasteiger partial charge in [-0.1, -0.05) is 6.92 Å². The number of furan rings is 1. The summed E-state index contributed by atoms with van der Waals surface area (Å²) < 4.78 is 5.15. The van der Waals surface area contributed by atoms with Gasteiger partial charge in [-0.05, 0) is 31.5 Å². The lowest BCUT2D eigenvalue weighted by Gasteiger charge is -2.11. The highest BCUT2D eigenvalue weighted by Crippen LogP contribution is 2.05. The molecule has 2 aromatic rings. The first-order chi connectivity index (χ1) is 9.69. The molecule has 1 atom stereocenters. The number of amides is 1. The number of hydrogen-bond donors (Lipinski definition) is 2. The summed E-state index contributed by atoms with van der Waals surface area (Å²) in [6, 6.07) is 5.42. The van der Waals surface area contributed by atoms with Gasteiger partial charge in [0, 0.05) is 12.2 Å². The van der Waals surface area contributed by atoms with Gasteiger partial charge in [0.1, 0.15) is 11.5 Å². The first kappa shape index (κ1) is 14.0. The Morgan fingerprint density at radius 2 is 2.30 bits per heavy atom. The third-order valence-electron chi connectivity index (χ3n) is 2.88. The maximum atomic E-state index is 12.0. The van der Waals surface area contributed by atoms with Crippen LogP contribution in [0.3, 0.4) is 0 Å². The minimum absolute atomic E-state index is 0.254. The summed E-state index contributed by atoms with van der Waals surface area (Å²) in [5.74, 6) is 0.909. The summed E-state index contributed by atoms with van der Waals surface area (Å²) in [6.07, 6.45) is 4.10. The molecule has 1 unspecified atom stereocenters. The second kappa shape index (κ2) is 6.70. The second-order valence-electron chi connectivity index (χ2n) is 4.48. The van der Waals surface area contributed by atoms with E-state index < -0.39 is 0 Å². The van der Waals surface area contributed by atoms with Gasteiger partial charge in [-0.25, -0.2) is 9.97 Å². The van der Waals surface area contributed by atoms with Gasteiger partial charge in [0.15, 0.2) is 0 Å². The molecule has 2 heterocycles. The molecule has 0 aliphatic carbocycles. The smallest absolute Gasteiger partial charge is 0.270 e. The predicted molar refractivity (Wildman–Crippen MR) is 75.3 cm³/mol. The molecule has 0 saturated heterocycles. The lowest BCUT2D eigenvalue weighted by Crippen LogP contribution is -2.24. The van der Waals surface area contributed by atoms with Crippen LogP contribution in [0.4, 0.5) is 5.95 Å². The molecule has 2 N–H and O–H groups in total. The minimum atomic E-state index is -0.254. The average molecular weight is 274 g/mol. The van der Waals surface area contributed by atoms with Gasteiger partial charge < -0.3 is 15.1 Å². The van der Waals surface area contributed by atoms with Crippen LogP contribution >= 0.6 is 0 Å². The van der Waals surface area contributed by atoms with Gasteiger partial charge in [0.25, 0.3) is 5.91 Å². The quantitative estimate of drug-likeness (QED) is 0.844. The van der Waals surface area contributed by atoms with Crippen LogP contribution in [-0.2, 0) is 6.54 Å². The zero-order chi connectivity index (χ0) is 14.4. The standard InChI is InChI=1S/C14H18N4O2/c1-3-10(2)17-14-15-7-6-12(18-14)13(19)16-9-11-5-4-8-20-11/h4-8,10H,3,9H2,1-2H3,(H,16,19)(H,15,17,18). The molecule has 0 fully saturated rings. The van der Waals surface area contributed by atoms with E-state index in [0.717, 1.165) is 6.42 Å². The zero-order valence-corrected chi connectivity index (χ0v) is 11.6. The Bertz CT molecular complexity index is 554. The molecule has 0 aliphatic rings. The molecule has 106 valence electrons. The second-order valence-corrected chi connectivity index (χ2v) is 4.48. The number of carbonyl (C=O) groups is 1. The van der Waals surface area contributed by atoms with Crippen molar-refractivity contribution < 1.29 is 9.21 Å². The fraction of sp³-hybridized carbons (Fsp3) is 0.357. The first-order valence-electron chi connectivity index (χ1n) is 6.59. The Hall–Kier alpha value is -2.37. The number of nitrogens with zero attached hydrogens (tertiary/aromatic N) is 2. The topological polar surface area (TPSA) is 80.0 Å². The van der Waals surface area contributed by atoms with Gasteiger partial charge in [0.2, 0.25) is 5.95 Å². The van der Waals surface area contributed by atoms with Crippen LogP contribution in [0.5, 0.6) is 0 Å². The van der Waals surface area contributed by atoms with Crippen LogP contribution in [0, 0.1) is 0 Å². The maximum Gasteiger partial charge on any atom is 0.270 e. The minimum Gasteiger partial charge on any atom is -0.467 e. The van der Waals surface area contributed by atoms with E-state index in [1.54, 1.807) is 30.7 Å². The summed E-state index contributed by atoms with van der Waals surface area (Å²) in [4.78, 5) is 20.3. The van der Waals surface area contributed by atoms with E-state index in [1.807, 2.05) is 6.92 Å². The van der Waals surface area contributed by atoms with Crippen molar-refractivity contribution in [3.05, 3.63) is 42.1 Å². The Morgan fingerprint density at radius 3 is 3.00 bits per heavy atom. The Balaban J connectivity index is 1.97. The Kier molecular flexibility index (Phi) is 4.70. The van der Waals surface area contributed by atoms with Gasteiger partial charge in [-0.15, -0.1) is 0 Å². The maximum absolute atomic E-state index is 12.0. The highest BCUT2D eigenvalue weighted by Gasteiger charge is 2.10. The monoisotopic (exact) mass is 274 g/mol. The normalized spacial score (nSPS) is 11.9. The molecular formula is C14H18N4O2. The van der Waals surface area contributed by atoms with Crippen LogP contribution in [0.25, 0.3) is 0 Å². The van der Waals surface area contributed by atoms with Crippen LogP contribution < -0.4 is 10.6 Å². The summed E-state index contributed by atoms with van der Waals surface area (Å²) in [7, 11) is 0. The number of aromatic nitrogens is 2. The van der Waals surface area contributed by atoms with E-state index in [-0.39, 0.29) is 11.9 Å². The highest BCUT2D eigenvalue weighted by atomic mass is 16.3. The molecule has 0 spiro atoms. The number of anilines is 1. The fourth-order valence-electron chi connectivity index (χ4n) is 1.55. The lowest BCUT2D eigenvalue weighted by molar-refractivity contribution is 0.0943. The molecule has 6 nitrogen and oxygen atoms in total. The van der Waals surface area contributed by atoms with Crippen molar-refractivity contribution >= 4 is 11.9 Å². The van der Waals surface area contributed by atoms with Crippen molar-refractivity contribution in [3.63, 3.8) is 0 Å². The van der Waals surface area contributed by atoms with Crippen molar-refractivity contribution in [3.8, 4) is 0 Å². The zero-order valence-electron chi connectivity index (χ0n) is 11.6. The van der Waals surface area contributed by atoms with Crippen LogP contribution in [-0.4, -0.2) is 21.9 Å². The summed E-state index contributed by atoms with van der Waals surface area (Å²) >= 11 is 0. The van der Waals surface area contributed by atoms with E-state index in [2.05, 4.69) is 27.5 Å². The van der Waals surface area contributed by atoms with Gasteiger partial charge >= 0.3 is 0 Å². The van der Waals surface area contributed by atoms with Gasteiger partial charge in [-0.2, -0.15) is 0 Å². The SMILES string of the molecule is CCC(C)Nc1nccc(C(=O)NCc2ccco2)n1. The van der Waals surface area contributed by atoms with Crippen LogP contribution in [0.1, 0.15) is 36.5 Å². The average Bonchev–Trinajstić information content (AvgIpc) is 2.98. The Morgan fingerprint density at radius 1 is 1.45 bits per heavy atom. The van der Waals surface area contributed by atoms with E-state index in [1.165, 1.54) is 0 Å². The number of nitrogens with one attached hydrogen (secondary N) is 2. The van der Waals surface area contributed by atoms with Crippen LogP contribution in [0.2, 0.25) is 0 Å². The summed E-state index contributed by atoms with van der Waals surface area (Å²) in [5, 5.41) is 5.88. The molecule has 0 aliphatic heterocycles. The van der Waals surface area contributed by atoms with E-state index in [0.29, 0.717) is 23.9 Å². The van der Waals surface area contributed by atoms with E-state index >= 15 is 0 Å². The molecule has 2 rings (SSSR count). The molecule has 2 aromatic heterocycles. The lowest BCUT2D eigenvalue weighted by atomic mass is 10.3. The molecule has 0 aromatic carbocycles. The first-order valence-corrected chi connectivity index (χ1v) is 6.59. The largest absolute Gasteiger partial charge is 0.467 e. The van der Waals surface area contributed by atoms with Crippen molar-refractivity contribution in [2.45, 2.75) is 32.9 Å². The van der Waals surface area contributed by atoms with Gasteiger partial charge in [0.05, 0.1) is 12.8 Å². The highest BCUT2D eigenvalue weighted by molar-refractivity contribution is 5.92. The Labute approximate surface area is 117 Å². The molecule has 0 bridgehead atoms. The number of carbonyl (C=O) groups excluding carboxylic acids is 1. The van der Waals surface area contributed by atoms with E-state index in [9.17, 15) is 4.79 Å². The van der Waals surface area contributed by atoms with Crippen LogP contribution in [0.15, 0.2) is 35.1 Å². The van der Waals surface area contributed by atoms with E-state index in [4.69, 9.17) is 4.42 Å². The predicted octanol–water partition coefficient (Wildman–Crippen LogP) is 2.21. The molecule has 1 amide bonds. The number of hydrogen-bond acceptors (Lipinski definition) is 5. The third-order valence-corrected chi connectivity index (χ3v) is 2.88. The molecular weight excluding hydrogens is 256 g/mol. The van der Waals surface area contributed by atoms with Crippen molar-refractivity contribution in [2.24, 2.45) is 0 Å². The molecule has 6 heteroatoms. The molecule has 20 heavy (non-hydrogen) atoms. The summed E-state index contributed by atoms with van der Waals surface area (Å²) in [6.45, 7) is 4.44. The van der Waals surface area contributed by atoms with Crippen molar-refractivity contribution in [1.82, 2.24) is 15.3 Å². The molecule has 0 radical (unpaired) electrons. The van der Waals surface area contributed by atoms with Crippen molar-refractivity contribution in [2.75, 3.05) is 5.32 Å². The number of rotatable bonds is 6. The van der Waals surface area contributed by atoms with Crippen molar-refractivity contribution in [1.29, 1.82) is 0 Å².